The smallest absolute Gasteiger partial charge is 0.248 e. The molecule has 128 valence electrons. The SMILES string of the molecule is CO[C@@H]1C[C@@H](Cn2ccc(N)n2)N(C(=O)COC2CCCC2)C1. The van der Waals surface area contributed by atoms with Crippen molar-refractivity contribution in [3.63, 3.8) is 0 Å². The van der Waals surface area contributed by atoms with E-state index < -0.39 is 0 Å². The number of nitrogens with zero attached hydrogens (tertiary/aromatic N) is 3. The van der Waals surface area contributed by atoms with Crippen molar-refractivity contribution in [3.05, 3.63) is 12.3 Å². The first-order valence-electron chi connectivity index (χ1n) is 8.38. The van der Waals surface area contributed by atoms with Crippen LogP contribution in [0, 0.1) is 0 Å². The molecule has 7 nitrogen and oxygen atoms in total. The molecule has 1 amide bonds. The fourth-order valence-corrected chi connectivity index (χ4v) is 3.55. The van der Waals surface area contributed by atoms with E-state index in [4.69, 9.17) is 15.2 Å². The summed E-state index contributed by atoms with van der Waals surface area (Å²) in [6.07, 6.45) is 7.54. The first kappa shape index (κ1) is 16.3. The maximum absolute atomic E-state index is 12.6. The third kappa shape index (κ3) is 4.03. The molecule has 1 aromatic rings. The Balaban J connectivity index is 1.58. The molecule has 1 saturated heterocycles. The quantitative estimate of drug-likeness (QED) is 0.846. The minimum Gasteiger partial charge on any atom is -0.382 e. The van der Waals surface area contributed by atoms with Crippen LogP contribution in [0.4, 0.5) is 5.82 Å². The van der Waals surface area contributed by atoms with Crippen molar-refractivity contribution < 1.29 is 14.3 Å². The molecule has 1 aromatic heterocycles. The summed E-state index contributed by atoms with van der Waals surface area (Å²) in [4.78, 5) is 14.4. The summed E-state index contributed by atoms with van der Waals surface area (Å²) in [5.74, 6) is 0.537. The lowest BCUT2D eigenvalue weighted by atomic mass is 10.2. The molecule has 0 aromatic carbocycles. The molecule has 0 spiro atoms. The molecule has 2 aliphatic rings. The van der Waals surface area contributed by atoms with Gasteiger partial charge in [-0.05, 0) is 25.3 Å². The predicted molar refractivity (Wildman–Crippen MR) is 85.8 cm³/mol. The van der Waals surface area contributed by atoms with Crippen LogP contribution in [0.1, 0.15) is 32.1 Å². The summed E-state index contributed by atoms with van der Waals surface area (Å²) in [7, 11) is 1.69. The van der Waals surface area contributed by atoms with Crippen LogP contribution in [-0.2, 0) is 20.8 Å². The minimum atomic E-state index is 0.0431. The number of hydrogen-bond acceptors (Lipinski definition) is 5. The lowest BCUT2D eigenvalue weighted by Crippen LogP contribution is -2.41. The molecule has 2 fully saturated rings. The molecule has 23 heavy (non-hydrogen) atoms. The van der Waals surface area contributed by atoms with Crippen molar-refractivity contribution in [3.8, 4) is 0 Å². The number of carbonyl (C=O) groups excluding carboxylic acids is 1. The van der Waals surface area contributed by atoms with Crippen molar-refractivity contribution >= 4 is 11.7 Å². The fourth-order valence-electron chi connectivity index (χ4n) is 3.55. The first-order chi connectivity index (χ1) is 11.2. The van der Waals surface area contributed by atoms with Gasteiger partial charge >= 0.3 is 0 Å². The van der Waals surface area contributed by atoms with Crippen LogP contribution in [-0.4, -0.2) is 59.1 Å². The number of ether oxygens (including phenoxy) is 2. The van der Waals surface area contributed by atoms with E-state index >= 15 is 0 Å². The number of methoxy groups -OCH3 is 1. The summed E-state index contributed by atoms with van der Waals surface area (Å²) < 4.78 is 13.0. The summed E-state index contributed by atoms with van der Waals surface area (Å²) in [6.45, 7) is 1.41. The molecule has 2 heterocycles. The number of hydrogen-bond donors (Lipinski definition) is 1. The summed E-state index contributed by atoms with van der Waals surface area (Å²) in [5.41, 5.74) is 5.66. The molecule has 1 aliphatic carbocycles. The second-order valence-electron chi connectivity index (χ2n) is 6.47. The number of aromatic nitrogens is 2. The number of anilines is 1. The van der Waals surface area contributed by atoms with Crippen molar-refractivity contribution in [2.45, 2.75) is 56.9 Å². The summed E-state index contributed by atoms with van der Waals surface area (Å²) in [5, 5.41) is 4.21. The second-order valence-corrected chi connectivity index (χ2v) is 6.47. The number of rotatable bonds is 6. The number of amides is 1. The Bertz CT molecular complexity index is 527. The Morgan fingerprint density at radius 2 is 2.17 bits per heavy atom. The van der Waals surface area contributed by atoms with E-state index in [0.29, 0.717) is 18.9 Å². The van der Waals surface area contributed by atoms with Gasteiger partial charge in [-0.2, -0.15) is 5.10 Å². The average Bonchev–Trinajstić information content (AvgIpc) is 3.26. The van der Waals surface area contributed by atoms with Gasteiger partial charge in [0.25, 0.3) is 0 Å². The van der Waals surface area contributed by atoms with E-state index in [9.17, 15) is 4.79 Å². The Morgan fingerprint density at radius 3 is 2.83 bits per heavy atom. The third-order valence-electron chi connectivity index (χ3n) is 4.83. The molecule has 0 unspecified atom stereocenters. The Hall–Kier alpha value is -1.60. The zero-order valence-electron chi connectivity index (χ0n) is 13.7. The van der Waals surface area contributed by atoms with Gasteiger partial charge in [0.05, 0.1) is 24.8 Å². The van der Waals surface area contributed by atoms with Crippen molar-refractivity contribution in [2.75, 3.05) is 26.0 Å². The monoisotopic (exact) mass is 322 g/mol. The van der Waals surface area contributed by atoms with E-state index in [-0.39, 0.29) is 30.8 Å². The van der Waals surface area contributed by atoms with Crippen LogP contribution in [0.25, 0.3) is 0 Å². The van der Waals surface area contributed by atoms with Crippen LogP contribution in [0.15, 0.2) is 12.3 Å². The zero-order chi connectivity index (χ0) is 16.2. The fraction of sp³-hybridized carbons (Fsp3) is 0.750. The normalized spacial score (nSPS) is 25.3. The Kier molecular flexibility index (Phi) is 5.17. The molecule has 1 aliphatic heterocycles. The highest BCUT2D eigenvalue weighted by Crippen LogP contribution is 2.24. The van der Waals surface area contributed by atoms with Gasteiger partial charge in [-0.25, -0.2) is 0 Å². The molecule has 3 rings (SSSR count). The minimum absolute atomic E-state index is 0.0431. The topological polar surface area (TPSA) is 82.6 Å². The molecule has 0 radical (unpaired) electrons. The molecule has 2 N–H and O–H groups in total. The van der Waals surface area contributed by atoms with Gasteiger partial charge in [0, 0.05) is 19.9 Å². The Morgan fingerprint density at radius 1 is 1.39 bits per heavy atom. The Labute approximate surface area is 136 Å². The van der Waals surface area contributed by atoms with Gasteiger partial charge in [0.1, 0.15) is 12.4 Å². The van der Waals surface area contributed by atoms with E-state index in [2.05, 4.69) is 5.10 Å². The molecular formula is C16H26N4O3. The first-order valence-corrected chi connectivity index (χ1v) is 8.38. The molecule has 2 atom stereocenters. The molecular weight excluding hydrogens is 296 g/mol. The molecule has 7 heteroatoms. The van der Waals surface area contributed by atoms with Gasteiger partial charge in [-0.1, -0.05) is 12.8 Å². The predicted octanol–water partition coefficient (Wildman–Crippen LogP) is 1.04. The van der Waals surface area contributed by atoms with Crippen molar-refractivity contribution in [1.82, 2.24) is 14.7 Å². The van der Waals surface area contributed by atoms with Crippen LogP contribution in [0.5, 0.6) is 0 Å². The number of carbonyl (C=O) groups is 1. The number of nitrogen functional groups attached to an aromatic ring is 1. The van der Waals surface area contributed by atoms with Crippen LogP contribution >= 0.6 is 0 Å². The highest BCUT2D eigenvalue weighted by Gasteiger charge is 2.36. The van der Waals surface area contributed by atoms with E-state index in [1.54, 1.807) is 17.9 Å². The van der Waals surface area contributed by atoms with Gasteiger partial charge in [0.2, 0.25) is 5.91 Å². The summed E-state index contributed by atoms with van der Waals surface area (Å²) >= 11 is 0. The van der Waals surface area contributed by atoms with Crippen LogP contribution in [0.2, 0.25) is 0 Å². The second kappa shape index (κ2) is 7.31. The maximum atomic E-state index is 12.6. The standard InChI is InChI=1S/C16H26N4O3/c1-22-14-8-12(9-19-7-6-15(17)18-19)20(10-14)16(21)11-23-13-4-2-3-5-13/h6-7,12-14H,2-5,8-11H2,1H3,(H2,17,18)/t12-,14+/m0/s1. The van der Waals surface area contributed by atoms with Gasteiger partial charge in [-0.3, -0.25) is 9.48 Å². The summed E-state index contributed by atoms with van der Waals surface area (Å²) in [6, 6.07) is 1.83. The maximum Gasteiger partial charge on any atom is 0.248 e. The largest absolute Gasteiger partial charge is 0.382 e. The highest BCUT2D eigenvalue weighted by atomic mass is 16.5. The third-order valence-corrected chi connectivity index (χ3v) is 4.83. The van der Waals surface area contributed by atoms with Crippen molar-refractivity contribution in [1.29, 1.82) is 0 Å². The lowest BCUT2D eigenvalue weighted by Gasteiger charge is -2.25. The average molecular weight is 322 g/mol. The van der Waals surface area contributed by atoms with Crippen LogP contribution < -0.4 is 5.73 Å². The number of nitrogens with two attached hydrogens (primary N) is 1. The van der Waals surface area contributed by atoms with E-state index in [0.717, 1.165) is 19.3 Å². The molecule has 0 bridgehead atoms. The van der Waals surface area contributed by atoms with Gasteiger partial charge in [0.15, 0.2) is 0 Å². The highest BCUT2D eigenvalue weighted by molar-refractivity contribution is 5.78. The van der Waals surface area contributed by atoms with E-state index in [1.165, 1.54) is 12.8 Å². The lowest BCUT2D eigenvalue weighted by molar-refractivity contribution is -0.139. The van der Waals surface area contributed by atoms with Crippen molar-refractivity contribution in [2.24, 2.45) is 0 Å². The number of likely N-dealkylation sites (tertiary alicyclic amines) is 1. The van der Waals surface area contributed by atoms with Crippen LogP contribution in [0.3, 0.4) is 0 Å². The van der Waals surface area contributed by atoms with E-state index in [1.807, 2.05) is 11.1 Å². The zero-order valence-corrected chi connectivity index (χ0v) is 13.7. The van der Waals surface area contributed by atoms with Gasteiger partial charge in [-0.15, -0.1) is 0 Å². The molecule has 1 saturated carbocycles. The van der Waals surface area contributed by atoms with Gasteiger partial charge < -0.3 is 20.1 Å².